The molecule has 0 nitrogen and oxygen atoms in total. The molecule has 1 aliphatic rings. The monoisotopic (exact) mass is 300 g/mol. The lowest BCUT2D eigenvalue weighted by Crippen LogP contribution is -1.86. The average Bonchev–Trinajstić information content (AvgIpc) is 2.82. The standard InChI is InChI=1S/C18H14Cl2/c1-12-9-17(13-5-7-15(19)8-6-13)18(10-12)14-3-2-4-16(20)11-14/h2-8,11H,1,9-10H2. The van der Waals surface area contributed by atoms with Crippen LogP contribution in [-0.4, -0.2) is 0 Å². The molecule has 0 N–H and O–H groups in total. The highest BCUT2D eigenvalue weighted by molar-refractivity contribution is 6.31. The van der Waals surface area contributed by atoms with Gasteiger partial charge in [0, 0.05) is 10.0 Å². The Morgan fingerprint density at radius 1 is 0.750 bits per heavy atom. The van der Waals surface area contributed by atoms with E-state index in [4.69, 9.17) is 23.2 Å². The van der Waals surface area contributed by atoms with Crippen molar-refractivity contribution >= 4 is 34.3 Å². The number of allylic oxidation sites excluding steroid dienone is 3. The molecule has 0 fully saturated rings. The van der Waals surface area contributed by atoms with Crippen molar-refractivity contribution in [3.8, 4) is 0 Å². The first-order valence-corrected chi connectivity index (χ1v) is 7.29. The van der Waals surface area contributed by atoms with E-state index in [0.717, 1.165) is 22.9 Å². The van der Waals surface area contributed by atoms with Crippen LogP contribution in [0.15, 0.2) is 60.7 Å². The Kier molecular flexibility index (Phi) is 3.69. The summed E-state index contributed by atoms with van der Waals surface area (Å²) in [6.45, 7) is 4.14. The van der Waals surface area contributed by atoms with E-state index in [1.165, 1.54) is 27.8 Å². The molecule has 2 aromatic carbocycles. The third-order valence-corrected chi connectivity index (χ3v) is 4.07. The Morgan fingerprint density at radius 3 is 2.05 bits per heavy atom. The second-order valence-electron chi connectivity index (χ2n) is 5.08. The van der Waals surface area contributed by atoms with Crippen molar-refractivity contribution in [2.75, 3.05) is 0 Å². The van der Waals surface area contributed by atoms with Gasteiger partial charge in [0.25, 0.3) is 0 Å². The maximum atomic E-state index is 6.11. The molecule has 0 atom stereocenters. The first-order valence-electron chi connectivity index (χ1n) is 6.54. The summed E-state index contributed by atoms with van der Waals surface area (Å²) >= 11 is 12.1. The van der Waals surface area contributed by atoms with Gasteiger partial charge in [-0.15, -0.1) is 0 Å². The van der Waals surface area contributed by atoms with E-state index < -0.39 is 0 Å². The number of rotatable bonds is 2. The van der Waals surface area contributed by atoms with Crippen molar-refractivity contribution in [1.29, 1.82) is 0 Å². The van der Waals surface area contributed by atoms with E-state index in [0.29, 0.717) is 0 Å². The summed E-state index contributed by atoms with van der Waals surface area (Å²) in [7, 11) is 0. The Hall–Kier alpha value is -1.50. The topological polar surface area (TPSA) is 0 Å². The molecule has 3 rings (SSSR count). The van der Waals surface area contributed by atoms with Gasteiger partial charge < -0.3 is 0 Å². The maximum Gasteiger partial charge on any atom is 0.0412 e. The van der Waals surface area contributed by atoms with E-state index in [1.807, 2.05) is 30.3 Å². The highest BCUT2D eigenvalue weighted by Gasteiger charge is 2.20. The molecule has 0 saturated heterocycles. The minimum Gasteiger partial charge on any atom is -0.0992 e. The van der Waals surface area contributed by atoms with Crippen molar-refractivity contribution in [2.24, 2.45) is 0 Å². The van der Waals surface area contributed by atoms with Crippen LogP contribution in [0.5, 0.6) is 0 Å². The van der Waals surface area contributed by atoms with Gasteiger partial charge in [0.15, 0.2) is 0 Å². The molecule has 0 radical (unpaired) electrons. The first-order chi connectivity index (χ1) is 9.63. The number of benzene rings is 2. The molecule has 0 unspecified atom stereocenters. The number of hydrogen-bond donors (Lipinski definition) is 0. The first kappa shape index (κ1) is 13.5. The number of halogens is 2. The molecule has 0 spiro atoms. The molecule has 0 bridgehead atoms. The molecule has 2 heteroatoms. The summed E-state index contributed by atoms with van der Waals surface area (Å²) in [5.41, 5.74) is 6.28. The van der Waals surface area contributed by atoms with Crippen LogP contribution < -0.4 is 0 Å². The quantitative estimate of drug-likeness (QED) is 0.575. The van der Waals surface area contributed by atoms with Gasteiger partial charge in [-0.25, -0.2) is 0 Å². The van der Waals surface area contributed by atoms with Crippen LogP contribution in [0.3, 0.4) is 0 Å². The van der Waals surface area contributed by atoms with Gasteiger partial charge in [-0.05, 0) is 59.4 Å². The van der Waals surface area contributed by atoms with Gasteiger partial charge in [-0.3, -0.25) is 0 Å². The normalized spacial score (nSPS) is 15.0. The summed E-state index contributed by atoms with van der Waals surface area (Å²) in [5, 5.41) is 1.53. The molecular formula is C18H14Cl2. The second-order valence-corrected chi connectivity index (χ2v) is 5.95. The van der Waals surface area contributed by atoms with Crippen molar-refractivity contribution in [3.05, 3.63) is 81.9 Å². The Morgan fingerprint density at radius 2 is 1.40 bits per heavy atom. The third kappa shape index (κ3) is 2.67. The molecule has 20 heavy (non-hydrogen) atoms. The van der Waals surface area contributed by atoms with E-state index in [1.54, 1.807) is 0 Å². The zero-order valence-electron chi connectivity index (χ0n) is 11.0. The van der Waals surface area contributed by atoms with Crippen LogP contribution in [0.25, 0.3) is 11.1 Å². The molecule has 0 amide bonds. The lowest BCUT2D eigenvalue weighted by molar-refractivity contribution is 1.22. The molecule has 0 saturated carbocycles. The predicted octanol–water partition coefficient (Wildman–Crippen LogP) is 6.25. The number of hydrogen-bond acceptors (Lipinski definition) is 0. The van der Waals surface area contributed by atoms with E-state index >= 15 is 0 Å². The lowest BCUT2D eigenvalue weighted by Gasteiger charge is -2.08. The molecule has 1 aliphatic carbocycles. The van der Waals surface area contributed by atoms with Crippen molar-refractivity contribution < 1.29 is 0 Å². The summed E-state index contributed by atoms with van der Waals surface area (Å²) < 4.78 is 0. The minimum atomic E-state index is 0.760. The van der Waals surface area contributed by atoms with Crippen LogP contribution in [0.1, 0.15) is 24.0 Å². The summed E-state index contributed by atoms with van der Waals surface area (Å²) in [6.07, 6.45) is 1.84. The fraction of sp³-hybridized carbons (Fsp3) is 0.111. The van der Waals surface area contributed by atoms with Gasteiger partial charge in [-0.1, -0.05) is 59.6 Å². The second kappa shape index (κ2) is 5.47. The fourth-order valence-electron chi connectivity index (χ4n) is 2.66. The molecule has 0 aliphatic heterocycles. The Bertz CT molecular complexity index is 694. The van der Waals surface area contributed by atoms with Gasteiger partial charge >= 0.3 is 0 Å². The van der Waals surface area contributed by atoms with Crippen molar-refractivity contribution in [3.63, 3.8) is 0 Å². The zero-order valence-corrected chi connectivity index (χ0v) is 12.5. The Balaban J connectivity index is 2.11. The van der Waals surface area contributed by atoms with Gasteiger partial charge in [-0.2, -0.15) is 0 Å². The molecule has 0 heterocycles. The minimum absolute atomic E-state index is 0.760. The maximum absolute atomic E-state index is 6.11. The predicted molar refractivity (Wildman–Crippen MR) is 88.1 cm³/mol. The van der Waals surface area contributed by atoms with E-state index in [2.05, 4.69) is 24.8 Å². The fourth-order valence-corrected chi connectivity index (χ4v) is 2.97. The summed E-state index contributed by atoms with van der Waals surface area (Å²) in [5.74, 6) is 0. The van der Waals surface area contributed by atoms with Crippen molar-refractivity contribution in [2.45, 2.75) is 12.8 Å². The van der Waals surface area contributed by atoms with E-state index in [9.17, 15) is 0 Å². The van der Waals surface area contributed by atoms with Crippen molar-refractivity contribution in [1.82, 2.24) is 0 Å². The highest BCUT2D eigenvalue weighted by atomic mass is 35.5. The van der Waals surface area contributed by atoms with E-state index in [-0.39, 0.29) is 0 Å². The molecular weight excluding hydrogens is 287 g/mol. The largest absolute Gasteiger partial charge is 0.0992 e. The Labute approximate surface area is 129 Å². The smallest absolute Gasteiger partial charge is 0.0412 e. The van der Waals surface area contributed by atoms with Gasteiger partial charge in [0.2, 0.25) is 0 Å². The molecule has 0 aromatic heterocycles. The highest BCUT2D eigenvalue weighted by Crippen LogP contribution is 2.42. The summed E-state index contributed by atoms with van der Waals surface area (Å²) in [6, 6.07) is 16.0. The van der Waals surface area contributed by atoms with Crippen LogP contribution in [0, 0.1) is 0 Å². The SMILES string of the molecule is C=C1CC(c2ccc(Cl)cc2)=C(c2cccc(Cl)c2)C1. The summed E-state index contributed by atoms with van der Waals surface area (Å²) in [4.78, 5) is 0. The third-order valence-electron chi connectivity index (χ3n) is 3.58. The van der Waals surface area contributed by atoms with Gasteiger partial charge in [0.1, 0.15) is 0 Å². The van der Waals surface area contributed by atoms with Gasteiger partial charge in [0.05, 0.1) is 0 Å². The average molecular weight is 301 g/mol. The molecule has 2 aromatic rings. The van der Waals surface area contributed by atoms with Crippen LogP contribution in [0.4, 0.5) is 0 Å². The van der Waals surface area contributed by atoms with Crippen LogP contribution >= 0.6 is 23.2 Å². The zero-order chi connectivity index (χ0) is 14.1. The van der Waals surface area contributed by atoms with Crippen LogP contribution in [-0.2, 0) is 0 Å². The van der Waals surface area contributed by atoms with Crippen LogP contribution in [0.2, 0.25) is 10.0 Å². The lowest BCUT2D eigenvalue weighted by atomic mass is 9.97. The molecule has 100 valence electrons.